The Morgan fingerprint density at radius 1 is 1.13 bits per heavy atom. The molecular weight excluding hydrogens is 425 g/mol. The molecule has 162 valence electrons. The number of aromatic nitrogens is 3. The summed E-state index contributed by atoms with van der Waals surface area (Å²) in [6.45, 7) is 0.0468. The molecule has 1 aliphatic rings. The molecule has 1 fully saturated rings. The van der Waals surface area contributed by atoms with Gasteiger partial charge in [0.25, 0.3) is 12.3 Å². The summed E-state index contributed by atoms with van der Waals surface area (Å²) in [4.78, 5) is 16.2. The Balaban J connectivity index is 1.65. The fourth-order valence-electron chi connectivity index (χ4n) is 3.22. The SMILES string of the molecule is O=C1NCCC1(c1nnc(-c2ncccc2Nc2ccc(C(F)(F)F)cc2)o1)C(F)F. The summed E-state index contributed by atoms with van der Waals surface area (Å²) in [5, 5.41) is 12.6. The van der Waals surface area contributed by atoms with E-state index in [0.29, 0.717) is 11.4 Å². The summed E-state index contributed by atoms with van der Waals surface area (Å²) in [7, 11) is 0. The van der Waals surface area contributed by atoms with Gasteiger partial charge >= 0.3 is 6.18 Å². The van der Waals surface area contributed by atoms with Crippen molar-refractivity contribution in [2.75, 3.05) is 11.9 Å². The van der Waals surface area contributed by atoms with Crippen molar-refractivity contribution in [3.8, 4) is 11.6 Å². The molecule has 0 bridgehead atoms. The summed E-state index contributed by atoms with van der Waals surface area (Å²) < 4.78 is 71.1. The molecule has 2 N–H and O–H groups in total. The Morgan fingerprint density at radius 3 is 2.48 bits per heavy atom. The van der Waals surface area contributed by atoms with E-state index < -0.39 is 35.4 Å². The van der Waals surface area contributed by atoms with Crippen molar-refractivity contribution in [1.82, 2.24) is 20.5 Å². The Labute approximate surface area is 171 Å². The van der Waals surface area contributed by atoms with Crippen molar-refractivity contribution in [3.05, 3.63) is 54.0 Å². The molecule has 1 saturated heterocycles. The smallest absolute Gasteiger partial charge is 0.416 e. The van der Waals surface area contributed by atoms with Crippen LogP contribution in [0.3, 0.4) is 0 Å². The van der Waals surface area contributed by atoms with Gasteiger partial charge in [0.15, 0.2) is 11.1 Å². The number of rotatable bonds is 5. The van der Waals surface area contributed by atoms with E-state index >= 15 is 0 Å². The quantitative estimate of drug-likeness (QED) is 0.586. The van der Waals surface area contributed by atoms with Gasteiger partial charge in [0, 0.05) is 18.4 Å². The predicted octanol–water partition coefficient (Wildman–Crippen LogP) is 3.92. The number of benzene rings is 1. The normalized spacial score (nSPS) is 19.0. The molecule has 0 radical (unpaired) electrons. The van der Waals surface area contributed by atoms with Crippen LogP contribution in [0.15, 0.2) is 47.0 Å². The maximum Gasteiger partial charge on any atom is 0.416 e. The molecule has 1 aromatic carbocycles. The highest BCUT2D eigenvalue weighted by Crippen LogP contribution is 2.39. The van der Waals surface area contributed by atoms with Crippen LogP contribution in [-0.4, -0.2) is 34.1 Å². The van der Waals surface area contributed by atoms with Crippen molar-refractivity contribution >= 4 is 17.3 Å². The molecular formula is C19H14F5N5O2. The second-order valence-electron chi connectivity index (χ2n) is 6.79. The van der Waals surface area contributed by atoms with Crippen molar-refractivity contribution in [3.63, 3.8) is 0 Å². The lowest BCUT2D eigenvalue weighted by atomic mass is 9.87. The fraction of sp³-hybridized carbons (Fsp3) is 0.263. The van der Waals surface area contributed by atoms with Gasteiger partial charge in [-0.05, 0) is 42.8 Å². The number of hydrogen-bond acceptors (Lipinski definition) is 6. The molecule has 1 unspecified atom stereocenters. The number of carbonyl (C=O) groups is 1. The average molecular weight is 439 g/mol. The molecule has 4 rings (SSSR count). The lowest BCUT2D eigenvalue weighted by Crippen LogP contribution is -2.42. The first-order valence-corrected chi connectivity index (χ1v) is 9.02. The Morgan fingerprint density at radius 2 is 1.87 bits per heavy atom. The standard InChI is InChI=1S/C19H14F5N5O2/c20-15(21)18(7-9-26-16(18)30)17-29-28-14(31-17)13-12(2-1-8-25-13)27-11-5-3-10(4-6-11)19(22,23)24/h1-6,8,15,27H,7,9H2,(H,26,30). The molecule has 31 heavy (non-hydrogen) atoms. The van der Waals surface area contributed by atoms with E-state index in [1.807, 2.05) is 0 Å². The molecule has 1 amide bonds. The first kappa shape index (κ1) is 20.7. The number of alkyl halides is 5. The van der Waals surface area contributed by atoms with Gasteiger partial charge in [0.05, 0.1) is 11.3 Å². The Bertz CT molecular complexity index is 1100. The number of carbonyl (C=O) groups excluding carboxylic acids is 1. The lowest BCUT2D eigenvalue weighted by Gasteiger charge is -2.20. The van der Waals surface area contributed by atoms with Crippen LogP contribution < -0.4 is 10.6 Å². The van der Waals surface area contributed by atoms with Crippen LogP contribution in [0.25, 0.3) is 11.6 Å². The highest BCUT2D eigenvalue weighted by Gasteiger charge is 2.56. The number of halogens is 5. The highest BCUT2D eigenvalue weighted by atomic mass is 19.4. The summed E-state index contributed by atoms with van der Waals surface area (Å²) in [5.41, 5.74) is -2.34. The number of nitrogens with one attached hydrogen (secondary N) is 2. The van der Waals surface area contributed by atoms with Crippen LogP contribution in [0, 0.1) is 0 Å². The third-order valence-electron chi connectivity index (χ3n) is 4.89. The largest absolute Gasteiger partial charge is 0.418 e. The van der Waals surface area contributed by atoms with Gasteiger partial charge in [0.1, 0.15) is 0 Å². The van der Waals surface area contributed by atoms with Gasteiger partial charge in [-0.2, -0.15) is 13.2 Å². The van der Waals surface area contributed by atoms with E-state index in [1.54, 1.807) is 12.1 Å². The first-order valence-electron chi connectivity index (χ1n) is 9.02. The average Bonchev–Trinajstić information content (AvgIpc) is 3.35. The molecule has 0 saturated carbocycles. The highest BCUT2D eigenvalue weighted by molar-refractivity contribution is 5.89. The van der Waals surface area contributed by atoms with Gasteiger partial charge in [-0.15, -0.1) is 10.2 Å². The number of amides is 1. The minimum Gasteiger partial charge on any atom is -0.418 e. The van der Waals surface area contributed by atoms with Crippen LogP contribution in [-0.2, 0) is 16.4 Å². The van der Waals surface area contributed by atoms with E-state index in [4.69, 9.17) is 4.42 Å². The second-order valence-corrected chi connectivity index (χ2v) is 6.79. The monoisotopic (exact) mass is 439 g/mol. The Kier molecular flexibility index (Phi) is 5.07. The third kappa shape index (κ3) is 3.68. The van der Waals surface area contributed by atoms with Gasteiger partial charge in [-0.1, -0.05) is 0 Å². The minimum absolute atomic E-state index is 0.0468. The van der Waals surface area contributed by atoms with Crippen molar-refractivity contribution in [1.29, 1.82) is 0 Å². The summed E-state index contributed by atoms with van der Waals surface area (Å²) >= 11 is 0. The van der Waals surface area contributed by atoms with Crippen molar-refractivity contribution < 1.29 is 31.2 Å². The zero-order chi connectivity index (χ0) is 22.2. The number of anilines is 2. The molecule has 0 aliphatic carbocycles. The van der Waals surface area contributed by atoms with E-state index in [2.05, 4.69) is 25.8 Å². The van der Waals surface area contributed by atoms with Gasteiger partial charge < -0.3 is 15.1 Å². The van der Waals surface area contributed by atoms with Crippen LogP contribution >= 0.6 is 0 Å². The summed E-state index contributed by atoms with van der Waals surface area (Å²) in [6, 6.07) is 7.39. The van der Waals surface area contributed by atoms with E-state index in [9.17, 15) is 26.7 Å². The van der Waals surface area contributed by atoms with Crippen LogP contribution in [0.2, 0.25) is 0 Å². The Hall–Kier alpha value is -3.57. The summed E-state index contributed by atoms with van der Waals surface area (Å²) in [6.07, 6.45) is -6.34. The van der Waals surface area contributed by atoms with Gasteiger partial charge in [-0.25, -0.2) is 13.8 Å². The van der Waals surface area contributed by atoms with Crippen LogP contribution in [0.5, 0.6) is 0 Å². The molecule has 3 aromatic rings. The molecule has 12 heteroatoms. The molecule has 1 aliphatic heterocycles. The van der Waals surface area contributed by atoms with Crippen LogP contribution in [0.4, 0.5) is 33.3 Å². The zero-order valence-electron chi connectivity index (χ0n) is 15.6. The van der Waals surface area contributed by atoms with Crippen LogP contribution in [0.1, 0.15) is 17.9 Å². The molecule has 3 heterocycles. The predicted molar refractivity (Wildman–Crippen MR) is 97.6 cm³/mol. The molecule has 2 aromatic heterocycles. The molecule has 0 spiro atoms. The maximum absolute atomic E-state index is 13.7. The van der Waals surface area contributed by atoms with Crippen molar-refractivity contribution in [2.45, 2.75) is 24.4 Å². The van der Waals surface area contributed by atoms with E-state index in [0.717, 1.165) is 12.1 Å². The molecule has 7 nitrogen and oxygen atoms in total. The van der Waals surface area contributed by atoms with E-state index in [-0.39, 0.29) is 24.6 Å². The van der Waals surface area contributed by atoms with Crippen molar-refractivity contribution in [2.24, 2.45) is 0 Å². The first-order chi connectivity index (χ1) is 14.7. The fourth-order valence-corrected chi connectivity index (χ4v) is 3.22. The third-order valence-corrected chi connectivity index (χ3v) is 4.89. The van der Waals surface area contributed by atoms with Gasteiger partial charge in [0.2, 0.25) is 11.8 Å². The second kappa shape index (κ2) is 7.60. The summed E-state index contributed by atoms with van der Waals surface area (Å²) in [5.74, 6) is -1.65. The topological polar surface area (TPSA) is 92.9 Å². The minimum atomic E-state index is -4.47. The number of nitrogens with zero attached hydrogens (tertiary/aromatic N) is 3. The number of hydrogen-bond donors (Lipinski definition) is 2. The lowest BCUT2D eigenvalue weighted by molar-refractivity contribution is -0.137. The van der Waals surface area contributed by atoms with E-state index in [1.165, 1.54) is 18.3 Å². The molecule has 1 atom stereocenters. The maximum atomic E-state index is 13.7. The number of pyridine rings is 1. The van der Waals surface area contributed by atoms with Gasteiger partial charge in [-0.3, -0.25) is 4.79 Å². The zero-order valence-corrected chi connectivity index (χ0v) is 15.6.